The molecule has 1 aromatic rings. The number of thioether (sulfide) groups is 1. The quantitative estimate of drug-likeness (QED) is 0.324. The van der Waals surface area contributed by atoms with E-state index in [0.29, 0.717) is 12.2 Å². The van der Waals surface area contributed by atoms with E-state index in [1.165, 1.54) is 7.11 Å². The standard InChI is InChI=1S/C17H19NO5S2/c1-22-17(19)16(11-23-25(2,20)21)15-8-10-24-12-13(15)6-7-14-5-3-4-9-18-14/h3-7,9,11H,8,10,12H2,1-2H3. The minimum absolute atomic E-state index is 0.119. The van der Waals surface area contributed by atoms with E-state index in [9.17, 15) is 13.2 Å². The van der Waals surface area contributed by atoms with Gasteiger partial charge in [0.05, 0.1) is 24.6 Å². The fourth-order valence-electron chi connectivity index (χ4n) is 2.21. The van der Waals surface area contributed by atoms with Gasteiger partial charge >= 0.3 is 16.1 Å². The van der Waals surface area contributed by atoms with Crippen LogP contribution >= 0.6 is 11.8 Å². The predicted molar refractivity (Wildman–Crippen MR) is 98.3 cm³/mol. The lowest BCUT2D eigenvalue weighted by Gasteiger charge is -2.19. The number of pyridine rings is 1. The Morgan fingerprint density at radius 3 is 2.76 bits per heavy atom. The van der Waals surface area contributed by atoms with E-state index in [1.807, 2.05) is 30.4 Å². The smallest absolute Gasteiger partial charge is 0.341 e. The molecule has 0 amide bonds. The molecule has 0 spiro atoms. The Kier molecular flexibility index (Phi) is 6.83. The van der Waals surface area contributed by atoms with Crippen LogP contribution in [0, 0.1) is 0 Å². The summed E-state index contributed by atoms with van der Waals surface area (Å²) < 4.78 is 32.0. The molecule has 0 radical (unpaired) electrons. The first-order valence-electron chi connectivity index (χ1n) is 7.46. The normalized spacial score (nSPS) is 16.2. The molecular weight excluding hydrogens is 362 g/mol. The summed E-state index contributed by atoms with van der Waals surface area (Å²) in [6.45, 7) is 0. The van der Waals surface area contributed by atoms with E-state index >= 15 is 0 Å². The van der Waals surface area contributed by atoms with E-state index < -0.39 is 16.1 Å². The number of aromatic nitrogens is 1. The van der Waals surface area contributed by atoms with Crippen molar-refractivity contribution in [1.29, 1.82) is 0 Å². The molecule has 1 aromatic heterocycles. The lowest BCUT2D eigenvalue weighted by Crippen LogP contribution is -2.14. The van der Waals surface area contributed by atoms with Crippen molar-refractivity contribution in [3.63, 3.8) is 0 Å². The minimum atomic E-state index is -3.71. The summed E-state index contributed by atoms with van der Waals surface area (Å²) in [5, 5.41) is 0. The van der Waals surface area contributed by atoms with E-state index in [0.717, 1.165) is 35.1 Å². The number of carbonyl (C=O) groups excluding carboxylic acids is 1. The van der Waals surface area contributed by atoms with Crippen LogP contribution in [0.25, 0.3) is 6.08 Å². The third-order valence-corrected chi connectivity index (χ3v) is 4.81. The van der Waals surface area contributed by atoms with Crippen molar-refractivity contribution >= 4 is 33.9 Å². The van der Waals surface area contributed by atoms with Crippen LogP contribution in [0.15, 0.2) is 53.5 Å². The molecular formula is C17H19NO5S2. The van der Waals surface area contributed by atoms with E-state index in [4.69, 9.17) is 8.92 Å². The van der Waals surface area contributed by atoms with Crippen LogP contribution in [0.3, 0.4) is 0 Å². The summed E-state index contributed by atoms with van der Waals surface area (Å²) in [4.78, 5) is 16.3. The number of ether oxygens (including phenoxy) is 1. The van der Waals surface area contributed by atoms with Gasteiger partial charge < -0.3 is 8.92 Å². The van der Waals surface area contributed by atoms with Crippen molar-refractivity contribution in [3.8, 4) is 0 Å². The summed E-state index contributed by atoms with van der Waals surface area (Å²) in [5.41, 5.74) is 2.55. The average Bonchev–Trinajstić information content (AvgIpc) is 2.60. The minimum Gasteiger partial charge on any atom is -0.465 e. The number of nitrogens with zero attached hydrogens (tertiary/aromatic N) is 1. The zero-order chi connectivity index (χ0) is 18.3. The molecule has 1 aliphatic rings. The van der Waals surface area contributed by atoms with Crippen LogP contribution in [-0.4, -0.2) is 44.2 Å². The monoisotopic (exact) mass is 381 g/mol. The second kappa shape index (κ2) is 8.87. The van der Waals surface area contributed by atoms with Crippen LogP contribution in [0.4, 0.5) is 0 Å². The van der Waals surface area contributed by atoms with Gasteiger partial charge in [-0.15, -0.1) is 0 Å². The van der Waals surface area contributed by atoms with Gasteiger partial charge in [0.1, 0.15) is 6.26 Å². The molecule has 0 atom stereocenters. The lowest BCUT2D eigenvalue weighted by molar-refractivity contribution is -0.135. The Labute approximate surface area is 151 Å². The van der Waals surface area contributed by atoms with Gasteiger partial charge in [0.15, 0.2) is 0 Å². The van der Waals surface area contributed by atoms with Gasteiger partial charge in [0.2, 0.25) is 0 Å². The highest BCUT2D eigenvalue weighted by molar-refractivity contribution is 7.99. The fraction of sp³-hybridized carbons (Fsp3) is 0.294. The van der Waals surface area contributed by atoms with E-state index in [1.54, 1.807) is 18.0 Å². The summed E-state index contributed by atoms with van der Waals surface area (Å²) >= 11 is 1.73. The molecule has 0 aliphatic carbocycles. The van der Waals surface area contributed by atoms with Crippen LogP contribution in [-0.2, 0) is 23.8 Å². The SMILES string of the molecule is COC(=O)C(=COS(C)(=O)=O)C1=C(C=Cc2ccccn2)CSCC1. The van der Waals surface area contributed by atoms with Gasteiger partial charge in [-0.1, -0.05) is 12.1 Å². The maximum absolute atomic E-state index is 12.1. The van der Waals surface area contributed by atoms with Gasteiger partial charge in [0.25, 0.3) is 0 Å². The number of rotatable bonds is 6. The van der Waals surface area contributed by atoms with Crippen LogP contribution in [0.2, 0.25) is 0 Å². The Balaban J connectivity index is 2.41. The van der Waals surface area contributed by atoms with Crippen molar-refractivity contribution in [2.24, 2.45) is 0 Å². The molecule has 134 valence electrons. The number of methoxy groups -OCH3 is 1. The second-order valence-corrected chi connectivity index (χ2v) is 7.92. The van der Waals surface area contributed by atoms with Gasteiger partial charge in [-0.3, -0.25) is 4.98 Å². The predicted octanol–water partition coefficient (Wildman–Crippen LogP) is 2.56. The molecule has 25 heavy (non-hydrogen) atoms. The van der Waals surface area contributed by atoms with Crippen LogP contribution in [0.1, 0.15) is 12.1 Å². The molecule has 0 saturated carbocycles. The summed E-state index contributed by atoms with van der Waals surface area (Å²) in [6.07, 6.45) is 7.94. The molecule has 0 fully saturated rings. The highest BCUT2D eigenvalue weighted by Gasteiger charge is 2.22. The number of allylic oxidation sites excluding steroid dienone is 1. The topological polar surface area (TPSA) is 82.6 Å². The van der Waals surface area contributed by atoms with Crippen LogP contribution in [0.5, 0.6) is 0 Å². The average molecular weight is 381 g/mol. The summed E-state index contributed by atoms with van der Waals surface area (Å²) in [5.74, 6) is 0.893. The first-order chi connectivity index (χ1) is 11.9. The summed E-state index contributed by atoms with van der Waals surface area (Å²) in [7, 11) is -2.46. The lowest BCUT2D eigenvalue weighted by atomic mass is 9.98. The molecule has 0 aromatic carbocycles. The van der Waals surface area contributed by atoms with Gasteiger partial charge in [-0.05, 0) is 41.5 Å². The molecule has 6 nitrogen and oxygen atoms in total. The Bertz CT molecular complexity index is 811. The van der Waals surface area contributed by atoms with Gasteiger partial charge in [0, 0.05) is 11.9 Å². The molecule has 2 rings (SSSR count). The molecule has 8 heteroatoms. The highest BCUT2D eigenvalue weighted by Crippen LogP contribution is 2.30. The first-order valence-corrected chi connectivity index (χ1v) is 10.4. The van der Waals surface area contributed by atoms with Gasteiger partial charge in [-0.2, -0.15) is 20.2 Å². The molecule has 0 N–H and O–H groups in total. The molecule has 2 heterocycles. The van der Waals surface area contributed by atoms with Crippen molar-refractivity contribution in [3.05, 3.63) is 59.1 Å². The third kappa shape index (κ3) is 6.06. The molecule has 0 saturated heterocycles. The highest BCUT2D eigenvalue weighted by atomic mass is 32.2. The third-order valence-electron chi connectivity index (χ3n) is 3.36. The van der Waals surface area contributed by atoms with Crippen LogP contribution < -0.4 is 0 Å². The number of esters is 1. The van der Waals surface area contributed by atoms with Crippen molar-refractivity contribution < 1.29 is 22.1 Å². The Morgan fingerprint density at radius 1 is 1.32 bits per heavy atom. The maximum Gasteiger partial charge on any atom is 0.341 e. The second-order valence-electron chi connectivity index (χ2n) is 5.22. The van der Waals surface area contributed by atoms with Crippen molar-refractivity contribution in [1.82, 2.24) is 4.98 Å². The van der Waals surface area contributed by atoms with Gasteiger partial charge in [-0.25, -0.2) is 4.79 Å². The largest absolute Gasteiger partial charge is 0.465 e. The first kappa shape index (κ1) is 19.3. The number of hydrogen-bond donors (Lipinski definition) is 0. The number of carbonyl (C=O) groups is 1. The van der Waals surface area contributed by atoms with Crippen molar-refractivity contribution in [2.75, 3.05) is 24.9 Å². The molecule has 1 aliphatic heterocycles. The number of hydrogen-bond acceptors (Lipinski definition) is 7. The zero-order valence-electron chi connectivity index (χ0n) is 14.0. The molecule has 0 unspecified atom stereocenters. The summed E-state index contributed by atoms with van der Waals surface area (Å²) in [6, 6.07) is 5.59. The fourth-order valence-corrected chi connectivity index (χ4v) is 3.46. The van der Waals surface area contributed by atoms with E-state index in [2.05, 4.69) is 4.98 Å². The van der Waals surface area contributed by atoms with E-state index in [-0.39, 0.29) is 5.57 Å². The maximum atomic E-state index is 12.1. The molecule has 0 bridgehead atoms. The van der Waals surface area contributed by atoms with Crippen molar-refractivity contribution in [2.45, 2.75) is 6.42 Å². The Morgan fingerprint density at radius 2 is 2.12 bits per heavy atom. The Hall–Kier alpha value is -2.06. The zero-order valence-corrected chi connectivity index (χ0v) is 15.6.